The van der Waals surface area contributed by atoms with Gasteiger partial charge >= 0.3 is 0 Å². The zero-order valence-electron chi connectivity index (χ0n) is 12.7. The molecular formula is C19H15NO4. The molecule has 0 fully saturated rings. The number of aromatic hydroxyl groups is 1. The van der Waals surface area contributed by atoms with E-state index in [1.165, 1.54) is 0 Å². The molecule has 0 saturated heterocycles. The van der Waals surface area contributed by atoms with Crippen LogP contribution in [0.25, 0.3) is 11.1 Å². The van der Waals surface area contributed by atoms with Crippen molar-refractivity contribution >= 4 is 5.91 Å². The van der Waals surface area contributed by atoms with E-state index >= 15 is 0 Å². The normalized spacial score (nSPS) is 10.3. The van der Waals surface area contributed by atoms with Gasteiger partial charge in [-0.1, -0.05) is 54.6 Å². The number of hydrogen-bond donors (Lipinski definition) is 2. The number of hydrogen-bond acceptors (Lipinski definition) is 4. The molecule has 3 rings (SSSR count). The lowest BCUT2D eigenvalue weighted by Gasteiger charge is -2.06. The predicted octanol–water partition coefficient (Wildman–Crippen LogP) is 2.94. The molecular weight excluding hydrogens is 306 g/mol. The van der Waals surface area contributed by atoms with Gasteiger partial charge in [0.15, 0.2) is 11.5 Å². The minimum Gasteiger partial charge on any atom is -0.502 e. The Morgan fingerprint density at radius 2 is 1.67 bits per heavy atom. The largest absolute Gasteiger partial charge is 0.502 e. The average Bonchev–Trinajstić information content (AvgIpc) is 2.63. The van der Waals surface area contributed by atoms with E-state index in [4.69, 9.17) is 9.52 Å². The fourth-order valence-corrected chi connectivity index (χ4v) is 2.24. The van der Waals surface area contributed by atoms with Crippen LogP contribution in [0.1, 0.15) is 16.1 Å². The van der Waals surface area contributed by atoms with Gasteiger partial charge in [0, 0.05) is 12.6 Å². The smallest absolute Gasteiger partial charge is 0.287 e. The third-order valence-corrected chi connectivity index (χ3v) is 3.55. The average molecular weight is 321 g/mol. The van der Waals surface area contributed by atoms with Crippen LogP contribution in [0.2, 0.25) is 0 Å². The summed E-state index contributed by atoms with van der Waals surface area (Å²) in [7, 11) is 0. The molecule has 0 atom stereocenters. The zero-order valence-corrected chi connectivity index (χ0v) is 12.7. The molecule has 0 radical (unpaired) electrons. The maximum atomic E-state index is 11.9. The summed E-state index contributed by atoms with van der Waals surface area (Å²) in [5.41, 5.74) is 2.48. The van der Waals surface area contributed by atoms with Gasteiger partial charge in [-0.25, -0.2) is 0 Å². The van der Waals surface area contributed by atoms with Crippen molar-refractivity contribution in [3.05, 3.63) is 88.5 Å². The fourth-order valence-electron chi connectivity index (χ4n) is 2.24. The van der Waals surface area contributed by atoms with E-state index in [0.717, 1.165) is 29.0 Å². The quantitative estimate of drug-likeness (QED) is 0.774. The monoisotopic (exact) mass is 321 g/mol. The van der Waals surface area contributed by atoms with Crippen molar-refractivity contribution in [1.29, 1.82) is 0 Å². The Kier molecular flexibility index (Phi) is 4.43. The van der Waals surface area contributed by atoms with E-state index in [0.29, 0.717) is 6.54 Å². The molecule has 2 aromatic carbocycles. The highest BCUT2D eigenvalue weighted by Gasteiger charge is 2.10. The highest BCUT2D eigenvalue weighted by Crippen LogP contribution is 2.19. The van der Waals surface area contributed by atoms with E-state index in [-0.39, 0.29) is 5.76 Å². The summed E-state index contributed by atoms with van der Waals surface area (Å²) < 4.78 is 4.90. The minimum absolute atomic E-state index is 0.140. The fraction of sp³-hybridized carbons (Fsp3) is 0.0526. The van der Waals surface area contributed by atoms with E-state index in [1.54, 1.807) is 0 Å². The maximum absolute atomic E-state index is 11.9. The van der Waals surface area contributed by atoms with Gasteiger partial charge in [0.25, 0.3) is 5.91 Å². The van der Waals surface area contributed by atoms with Gasteiger partial charge in [0.1, 0.15) is 6.26 Å². The summed E-state index contributed by atoms with van der Waals surface area (Å²) in [6.07, 6.45) is 0.853. The van der Waals surface area contributed by atoms with E-state index < -0.39 is 17.1 Å². The van der Waals surface area contributed by atoms with Gasteiger partial charge in [-0.3, -0.25) is 9.59 Å². The lowest BCUT2D eigenvalue weighted by Crippen LogP contribution is -2.23. The third kappa shape index (κ3) is 3.52. The standard InChI is InChI=1S/C19H15NO4/c21-16-10-18(24-12-17(16)22)19(23)20-11-13-6-8-15(9-7-13)14-4-2-1-3-5-14/h1-10,12,22H,11H2,(H,20,23). The van der Waals surface area contributed by atoms with Gasteiger partial charge in [0.2, 0.25) is 5.43 Å². The van der Waals surface area contributed by atoms with Gasteiger partial charge < -0.3 is 14.8 Å². The first-order chi connectivity index (χ1) is 11.6. The van der Waals surface area contributed by atoms with E-state index in [9.17, 15) is 9.59 Å². The molecule has 5 nitrogen and oxygen atoms in total. The van der Waals surface area contributed by atoms with Crippen LogP contribution in [-0.2, 0) is 6.54 Å². The molecule has 24 heavy (non-hydrogen) atoms. The van der Waals surface area contributed by atoms with Crippen LogP contribution in [0.3, 0.4) is 0 Å². The summed E-state index contributed by atoms with van der Waals surface area (Å²) in [4.78, 5) is 23.2. The molecule has 0 aliphatic carbocycles. The topological polar surface area (TPSA) is 79.5 Å². The second-order valence-electron chi connectivity index (χ2n) is 5.24. The van der Waals surface area contributed by atoms with Crippen molar-refractivity contribution in [2.75, 3.05) is 0 Å². The Balaban J connectivity index is 1.65. The maximum Gasteiger partial charge on any atom is 0.287 e. The van der Waals surface area contributed by atoms with Gasteiger partial charge in [-0.15, -0.1) is 0 Å². The number of rotatable bonds is 4. The van der Waals surface area contributed by atoms with Crippen LogP contribution in [0.15, 0.2) is 76.1 Å². The van der Waals surface area contributed by atoms with E-state index in [1.807, 2.05) is 54.6 Å². The van der Waals surface area contributed by atoms with Crippen molar-refractivity contribution in [3.8, 4) is 16.9 Å². The number of carbonyl (C=O) groups excluding carboxylic acids is 1. The SMILES string of the molecule is O=C(NCc1ccc(-c2ccccc2)cc1)c1cc(=O)c(O)co1. The Hall–Kier alpha value is -3.34. The van der Waals surface area contributed by atoms with Crippen LogP contribution in [0.4, 0.5) is 0 Å². The molecule has 0 unspecified atom stereocenters. The minimum atomic E-state index is -0.654. The summed E-state index contributed by atoms with van der Waals surface area (Å²) in [5, 5.41) is 11.8. The highest BCUT2D eigenvalue weighted by atomic mass is 16.4. The molecule has 1 heterocycles. The number of amides is 1. The summed E-state index contributed by atoms with van der Waals surface area (Å²) in [6.45, 7) is 0.304. The molecule has 0 aliphatic heterocycles. The summed E-state index contributed by atoms with van der Waals surface area (Å²) >= 11 is 0. The Bertz CT molecular complexity index is 899. The van der Waals surface area contributed by atoms with Crippen LogP contribution in [0.5, 0.6) is 5.75 Å². The summed E-state index contributed by atoms with van der Waals surface area (Å²) in [5.74, 6) is -1.18. The molecule has 0 aliphatic rings. The molecule has 0 saturated carbocycles. The Labute approximate surface area is 138 Å². The van der Waals surface area contributed by atoms with Crippen molar-refractivity contribution < 1.29 is 14.3 Å². The first-order valence-corrected chi connectivity index (χ1v) is 7.38. The molecule has 3 aromatic rings. The number of benzene rings is 2. The highest BCUT2D eigenvalue weighted by molar-refractivity contribution is 5.91. The van der Waals surface area contributed by atoms with Crippen molar-refractivity contribution in [3.63, 3.8) is 0 Å². The van der Waals surface area contributed by atoms with Crippen LogP contribution in [-0.4, -0.2) is 11.0 Å². The number of nitrogens with one attached hydrogen (secondary N) is 1. The van der Waals surface area contributed by atoms with Crippen molar-refractivity contribution in [1.82, 2.24) is 5.32 Å². The molecule has 2 N–H and O–H groups in total. The zero-order chi connectivity index (χ0) is 16.9. The van der Waals surface area contributed by atoms with Crippen LogP contribution < -0.4 is 10.7 Å². The van der Waals surface area contributed by atoms with Crippen LogP contribution >= 0.6 is 0 Å². The molecule has 120 valence electrons. The number of carbonyl (C=O) groups is 1. The first kappa shape index (κ1) is 15.6. The van der Waals surface area contributed by atoms with Crippen LogP contribution in [0, 0.1) is 0 Å². The molecule has 1 amide bonds. The molecule has 5 heteroatoms. The Morgan fingerprint density at radius 3 is 2.33 bits per heavy atom. The lowest BCUT2D eigenvalue weighted by molar-refractivity contribution is 0.0920. The molecule has 1 aromatic heterocycles. The van der Waals surface area contributed by atoms with Gasteiger partial charge in [-0.2, -0.15) is 0 Å². The Morgan fingerprint density at radius 1 is 1.00 bits per heavy atom. The van der Waals surface area contributed by atoms with E-state index in [2.05, 4.69) is 5.32 Å². The predicted molar refractivity (Wildman–Crippen MR) is 89.7 cm³/mol. The van der Waals surface area contributed by atoms with Crippen molar-refractivity contribution in [2.24, 2.45) is 0 Å². The third-order valence-electron chi connectivity index (χ3n) is 3.55. The van der Waals surface area contributed by atoms with Gasteiger partial charge in [-0.05, 0) is 16.7 Å². The molecule has 0 spiro atoms. The van der Waals surface area contributed by atoms with Gasteiger partial charge in [0.05, 0.1) is 0 Å². The second-order valence-corrected chi connectivity index (χ2v) is 5.24. The molecule has 0 bridgehead atoms. The second kappa shape index (κ2) is 6.83. The van der Waals surface area contributed by atoms with Crippen molar-refractivity contribution in [2.45, 2.75) is 6.54 Å². The summed E-state index contributed by atoms with van der Waals surface area (Å²) in [6, 6.07) is 18.8. The lowest BCUT2D eigenvalue weighted by atomic mass is 10.0. The first-order valence-electron chi connectivity index (χ1n) is 7.38.